The summed E-state index contributed by atoms with van der Waals surface area (Å²) in [5, 5.41) is 4.65. The number of anilines is 2. The van der Waals surface area contributed by atoms with Gasteiger partial charge in [0.1, 0.15) is 22.7 Å². The largest absolute Gasteiger partial charge is 0.497 e. The first-order valence-electron chi connectivity index (χ1n) is 7.91. The molecule has 0 amide bonds. The molecule has 2 aromatic heterocycles. The van der Waals surface area contributed by atoms with Gasteiger partial charge in [0.05, 0.1) is 12.5 Å². The van der Waals surface area contributed by atoms with Gasteiger partial charge in [-0.3, -0.25) is 0 Å². The molecule has 0 spiro atoms. The fraction of sp³-hybridized carbons (Fsp3) is 0.333. The minimum atomic E-state index is 0.765. The molecule has 118 valence electrons. The number of nitrogens with one attached hydrogen (secondary N) is 1. The molecule has 23 heavy (non-hydrogen) atoms. The highest BCUT2D eigenvalue weighted by molar-refractivity contribution is 7.19. The van der Waals surface area contributed by atoms with Crippen molar-refractivity contribution in [3.05, 3.63) is 41.0 Å². The Kier molecular flexibility index (Phi) is 3.65. The van der Waals surface area contributed by atoms with Crippen molar-refractivity contribution in [3.8, 4) is 5.75 Å². The van der Waals surface area contributed by atoms with E-state index >= 15 is 0 Å². The van der Waals surface area contributed by atoms with Crippen LogP contribution in [0.15, 0.2) is 30.6 Å². The van der Waals surface area contributed by atoms with Gasteiger partial charge < -0.3 is 10.1 Å². The van der Waals surface area contributed by atoms with Crippen LogP contribution in [0.1, 0.15) is 23.8 Å². The maximum Gasteiger partial charge on any atom is 0.142 e. The van der Waals surface area contributed by atoms with Crippen LogP contribution in [0.4, 0.5) is 11.5 Å². The molecule has 1 N–H and O–H groups in total. The van der Waals surface area contributed by atoms with Gasteiger partial charge in [0.25, 0.3) is 0 Å². The van der Waals surface area contributed by atoms with Gasteiger partial charge in [-0.25, -0.2) is 9.97 Å². The molecule has 1 aromatic carbocycles. The van der Waals surface area contributed by atoms with Crippen molar-refractivity contribution in [2.24, 2.45) is 5.92 Å². The van der Waals surface area contributed by atoms with Gasteiger partial charge in [0.15, 0.2) is 0 Å². The highest BCUT2D eigenvalue weighted by atomic mass is 32.1. The Morgan fingerprint density at radius 2 is 2.04 bits per heavy atom. The number of aryl methyl sites for hydroxylation is 1. The van der Waals surface area contributed by atoms with E-state index in [4.69, 9.17) is 4.74 Å². The normalized spacial score (nSPS) is 17.0. The van der Waals surface area contributed by atoms with E-state index in [9.17, 15) is 0 Å². The van der Waals surface area contributed by atoms with Gasteiger partial charge in [0, 0.05) is 10.6 Å². The molecule has 0 bridgehead atoms. The van der Waals surface area contributed by atoms with Crippen LogP contribution >= 0.6 is 11.3 Å². The first kappa shape index (κ1) is 14.5. The Morgan fingerprint density at radius 1 is 1.22 bits per heavy atom. The fourth-order valence-corrected chi connectivity index (χ4v) is 4.53. The monoisotopic (exact) mass is 325 g/mol. The van der Waals surface area contributed by atoms with Crippen LogP contribution in [0, 0.1) is 5.92 Å². The molecule has 1 aliphatic carbocycles. The first-order valence-corrected chi connectivity index (χ1v) is 8.72. The summed E-state index contributed by atoms with van der Waals surface area (Å²) in [6.07, 6.45) is 5.19. The summed E-state index contributed by atoms with van der Waals surface area (Å²) in [5.41, 5.74) is 2.45. The van der Waals surface area contributed by atoms with Crippen molar-refractivity contribution in [3.63, 3.8) is 0 Å². The smallest absolute Gasteiger partial charge is 0.142 e. The van der Waals surface area contributed by atoms with Crippen molar-refractivity contribution in [1.29, 1.82) is 0 Å². The third-order valence-electron chi connectivity index (χ3n) is 4.44. The van der Waals surface area contributed by atoms with E-state index in [-0.39, 0.29) is 0 Å². The van der Waals surface area contributed by atoms with Crippen molar-refractivity contribution in [2.45, 2.75) is 26.2 Å². The van der Waals surface area contributed by atoms with Gasteiger partial charge in [-0.05, 0) is 55.0 Å². The Bertz CT molecular complexity index is 841. The average molecular weight is 325 g/mol. The molecule has 2 heterocycles. The summed E-state index contributed by atoms with van der Waals surface area (Å²) in [6.45, 7) is 2.33. The lowest BCUT2D eigenvalue weighted by Crippen LogP contribution is -2.09. The zero-order chi connectivity index (χ0) is 15.8. The minimum Gasteiger partial charge on any atom is -0.497 e. The minimum absolute atomic E-state index is 0.765. The number of rotatable bonds is 3. The number of hydrogen-bond acceptors (Lipinski definition) is 5. The Morgan fingerprint density at radius 3 is 2.83 bits per heavy atom. The van der Waals surface area contributed by atoms with Crippen LogP contribution < -0.4 is 10.1 Å². The molecule has 4 nitrogen and oxygen atoms in total. The van der Waals surface area contributed by atoms with Crippen molar-refractivity contribution >= 4 is 33.1 Å². The molecule has 0 aliphatic heterocycles. The number of ether oxygens (including phenoxy) is 1. The molecule has 3 aromatic rings. The second kappa shape index (κ2) is 5.81. The Hall–Kier alpha value is -2.14. The van der Waals surface area contributed by atoms with E-state index < -0.39 is 0 Å². The predicted octanol–water partition coefficient (Wildman–Crippen LogP) is 4.57. The SMILES string of the molecule is COc1ccc(Nc2ncnc3sc4c(c23)CC[C@H](C)C4)cc1. The van der Waals surface area contributed by atoms with E-state index in [1.807, 2.05) is 35.6 Å². The van der Waals surface area contributed by atoms with Crippen LogP contribution in [-0.2, 0) is 12.8 Å². The quantitative estimate of drug-likeness (QED) is 0.766. The number of aromatic nitrogens is 2. The third kappa shape index (κ3) is 2.65. The third-order valence-corrected chi connectivity index (χ3v) is 5.61. The lowest BCUT2D eigenvalue weighted by atomic mass is 9.89. The topological polar surface area (TPSA) is 47.0 Å². The zero-order valence-electron chi connectivity index (χ0n) is 13.3. The second-order valence-corrected chi connectivity index (χ2v) is 7.19. The number of hydrogen-bond donors (Lipinski definition) is 1. The van der Waals surface area contributed by atoms with Gasteiger partial charge >= 0.3 is 0 Å². The highest BCUT2D eigenvalue weighted by Gasteiger charge is 2.23. The van der Waals surface area contributed by atoms with E-state index in [1.165, 1.54) is 28.7 Å². The summed E-state index contributed by atoms with van der Waals surface area (Å²) < 4.78 is 5.21. The number of methoxy groups -OCH3 is 1. The molecule has 0 saturated carbocycles. The Labute approximate surface area is 139 Å². The summed E-state index contributed by atoms with van der Waals surface area (Å²) >= 11 is 1.82. The van der Waals surface area contributed by atoms with E-state index in [0.717, 1.165) is 34.4 Å². The van der Waals surface area contributed by atoms with Crippen LogP contribution in [0.25, 0.3) is 10.2 Å². The summed E-state index contributed by atoms with van der Waals surface area (Å²) in [4.78, 5) is 11.6. The molecule has 0 fully saturated rings. The van der Waals surface area contributed by atoms with Crippen molar-refractivity contribution < 1.29 is 4.74 Å². The summed E-state index contributed by atoms with van der Waals surface area (Å²) in [5.74, 6) is 2.53. The van der Waals surface area contributed by atoms with Gasteiger partial charge in [-0.1, -0.05) is 6.92 Å². The average Bonchev–Trinajstić information content (AvgIpc) is 2.94. The van der Waals surface area contributed by atoms with E-state index in [0.29, 0.717) is 0 Å². The molecule has 1 aliphatic rings. The lowest BCUT2D eigenvalue weighted by Gasteiger charge is -2.18. The van der Waals surface area contributed by atoms with Gasteiger partial charge in [0.2, 0.25) is 0 Å². The summed E-state index contributed by atoms with van der Waals surface area (Å²) in [6, 6.07) is 7.91. The van der Waals surface area contributed by atoms with Gasteiger partial charge in [-0.2, -0.15) is 0 Å². The van der Waals surface area contributed by atoms with E-state index in [1.54, 1.807) is 13.4 Å². The van der Waals surface area contributed by atoms with Crippen molar-refractivity contribution in [1.82, 2.24) is 9.97 Å². The molecule has 4 rings (SSSR count). The van der Waals surface area contributed by atoms with Crippen LogP contribution in [0.3, 0.4) is 0 Å². The molecule has 0 radical (unpaired) electrons. The first-order chi connectivity index (χ1) is 11.2. The van der Waals surface area contributed by atoms with Gasteiger partial charge in [-0.15, -0.1) is 11.3 Å². The maximum absolute atomic E-state index is 5.21. The summed E-state index contributed by atoms with van der Waals surface area (Å²) in [7, 11) is 1.68. The second-order valence-electron chi connectivity index (χ2n) is 6.11. The molecule has 5 heteroatoms. The number of thiophene rings is 1. The number of benzene rings is 1. The number of fused-ring (bicyclic) bond motifs is 3. The zero-order valence-corrected chi connectivity index (χ0v) is 14.1. The molecular weight excluding hydrogens is 306 g/mol. The molecule has 0 saturated heterocycles. The van der Waals surface area contributed by atoms with Crippen molar-refractivity contribution in [2.75, 3.05) is 12.4 Å². The van der Waals surface area contributed by atoms with E-state index in [2.05, 4.69) is 22.2 Å². The Balaban J connectivity index is 1.74. The molecule has 0 unspecified atom stereocenters. The van der Waals surface area contributed by atoms with Crippen LogP contribution in [-0.4, -0.2) is 17.1 Å². The van der Waals surface area contributed by atoms with Crippen LogP contribution in [0.5, 0.6) is 5.75 Å². The predicted molar refractivity (Wildman–Crippen MR) is 94.9 cm³/mol. The standard InChI is InChI=1S/C18H19N3OS/c1-11-3-8-14-15(9-11)23-18-16(14)17(19-10-20-18)21-12-4-6-13(22-2)7-5-12/h4-7,10-11H,3,8-9H2,1-2H3,(H,19,20,21)/t11-/m0/s1. The maximum atomic E-state index is 5.21. The molecular formula is C18H19N3OS. The highest BCUT2D eigenvalue weighted by Crippen LogP contribution is 2.40. The van der Waals surface area contributed by atoms with Crippen LogP contribution in [0.2, 0.25) is 0 Å². The fourth-order valence-electron chi connectivity index (χ4n) is 3.18. The molecule has 1 atom stereocenters. The lowest BCUT2D eigenvalue weighted by molar-refractivity contribution is 0.415. The number of nitrogens with zero attached hydrogens (tertiary/aromatic N) is 2.